The van der Waals surface area contributed by atoms with Crippen molar-refractivity contribution in [3.8, 4) is 0 Å². The number of nitrogens with zero attached hydrogens (tertiary/aromatic N) is 2. The van der Waals surface area contributed by atoms with Gasteiger partial charge in [-0.2, -0.15) is 0 Å². The number of aliphatic imine (C=N–C) groups is 2. The third kappa shape index (κ3) is 5.80. The van der Waals surface area contributed by atoms with Crippen LogP contribution >= 0.6 is 0 Å². The number of ether oxygens (including phenoxy) is 1. The second kappa shape index (κ2) is 6.73. The summed E-state index contributed by atoms with van der Waals surface area (Å²) < 4.78 is 5.34. The van der Waals surface area contributed by atoms with Crippen molar-refractivity contribution in [2.45, 2.75) is 20.0 Å². The molecule has 0 saturated heterocycles. The zero-order valence-corrected chi connectivity index (χ0v) is 7.95. The van der Waals surface area contributed by atoms with Crippen LogP contribution in [0.5, 0.6) is 0 Å². The lowest BCUT2D eigenvalue weighted by molar-refractivity contribution is 0.112. The van der Waals surface area contributed by atoms with E-state index in [0.29, 0.717) is 6.61 Å². The lowest BCUT2D eigenvalue weighted by Gasteiger charge is -2.05. The van der Waals surface area contributed by atoms with Crippen LogP contribution in [0.15, 0.2) is 22.8 Å². The van der Waals surface area contributed by atoms with Gasteiger partial charge in [-0.05, 0) is 13.8 Å². The first-order valence-electron chi connectivity index (χ1n) is 3.92. The van der Waals surface area contributed by atoms with Gasteiger partial charge >= 0.3 is 0 Å². The summed E-state index contributed by atoms with van der Waals surface area (Å²) in [5.74, 6) is 0. The van der Waals surface area contributed by atoms with Crippen LogP contribution < -0.4 is 0 Å². The van der Waals surface area contributed by atoms with E-state index in [1.807, 2.05) is 13.8 Å². The molecule has 0 aromatic carbocycles. The lowest BCUT2D eigenvalue weighted by Crippen LogP contribution is -2.14. The maximum Gasteiger partial charge on any atom is 0.0906 e. The van der Waals surface area contributed by atoms with Gasteiger partial charge in [0.25, 0.3) is 0 Å². The second-order valence-electron chi connectivity index (χ2n) is 2.55. The smallest absolute Gasteiger partial charge is 0.0906 e. The summed E-state index contributed by atoms with van der Waals surface area (Å²) in [5.41, 5.74) is 0.793. The molecule has 68 valence electrons. The molecular weight excluding hydrogens is 152 g/mol. The summed E-state index contributed by atoms with van der Waals surface area (Å²) >= 11 is 0. The largest absolute Gasteiger partial charge is 0.372 e. The highest BCUT2D eigenvalue weighted by atomic mass is 16.5. The van der Waals surface area contributed by atoms with E-state index in [2.05, 4.69) is 16.6 Å². The molecule has 0 bridgehead atoms. The molecule has 0 heterocycles. The van der Waals surface area contributed by atoms with Crippen LogP contribution in [0.3, 0.4) is 0 Å². The lowest BCUT2D eigenvalue weighted by atomic mass is 10.4. The Kier molecular flexibility index (Phi) is 6.19. The van der Waals surface area contributed by atoms with Crippen LogP contribution in [0.25, 0.3) is 0 Å². The van der Waals surface area contributed by atoms with Gasteiger partial charge in [0.2, 0.25) is 0 Å². The van der Waals surface area contributed by atoms with Crippen LogP contribution in [0.2, 0.25) is 0 Å². The van der Waals surface area contributed by atoms with Crippen molar-refractivity contribution in [1.82, 2.24) is 0 Å². The molecule has 0 aliphatic rings. The molecule has 0 N–H and O–H groups in total. The first-order chi connectivity index (χ1) is 5.70. The first kappa shape index (κ1) is 11.0. The van der Waals surface area contributed by atoms with E-state index in [9.17, 15) is 0 Å². The van der Waals surface area contributed by atoms with Gasteiger partial charge in [0, 0.05) is 19.5 Å². The van der Waals surface area contributed by atoms with Gasteiger partial charge in [-0.3, -0.25) is 9.98 Å². The third-order valence-corrected chi connectivity index (χ3v) is 1.10. The van der Waals surface area contributed by atoms with Crippen molar-refractivity contribution < 1.29 is 4.74 Å². The molecule has 0 atom stereocenters. The van der Waals surface area contributed by atoms with Crippen molar-refractivity contribution >= 4 is 11.9 Å². The molecule has 0 radical (unpaired) electrons. The van der Waals surface area contributed by atoms with E-state index in [1.54, 1.807) is 13.3 Å². The number of hydrogen-bond acceptors (Lipinski definition) is 3. The van der Waals surface area contributed by atoms with Gasteiger partial charge in [0.15, 0.2) is 0 Å². The van der Waals surface area contributed by atoms with Crippen LogP contribution in [0.1, 0.15) is 13.8 Å². The van der Waals surface area contributed by atoms with Gasteiger partial charge in [0.05, 0.1) is 18.4 Å². The van der Waals surface area contributed by atoms with E-state index in [0.717, 1.165) is 5.71 Å². The summed E-state index contributed by atoms with van der Waals surface area (Å²) in [6.45, 7) is 7.95. The Morgan fingerprint density at radius 1 is 1.58 bits per heavy atom. The molecule has 0 saturated carbocycles. The Labute approximate surface area is 73.9 Å². The molecule has 12 heavy (non-hydrogen) atoms. The highest BCUT2D eigenvalue weighted by Gasteiger charge is 1.96. The zero-order valence-electron chi connectivity index (χ0n) is 7.95. The van der Waals surface area contributed by atoms with Gasteiger partial charge in [0.1, 0.15) is 0 Å². The molecule has 0 fully saturated rings. The molecule has 0 aliphatic carbocycles. The molecule has 0 spiro atoms. The predicted molar refractivity (Wildman–Crippen MR) is 53.1 cm³/mol. The van der Waals surface area contributed by atoms with Crippen molar-refractivity contribution in [1.29, 1.82) is 0 Å². The van der Waals surface area contributed by atoms with Crippen molar-refractivity contribution in [3.63, 3.8) is 0 Å². The van der Waals surface area contributed by atoms with E-state index >= 15 is 0 Å². The Bertz CT molecular complexity index is 183. The number of rotatable bonds is 5. The third-order valence-electron chi connectivity index (χ3n) is 1.10. The molecule has 0 amide bonds. The minimum absolute atomic E-state index is 0.213. The SMILES string of the molecule is C=CN=C(C=NC)COC(C)C. The summed E-state index contributed by atoms with van der Waals surface area (Å²) in [4.78, 5) is 7.84. The van der Waals surface area contributed by atoms with Crippen molar-refractivity contribution in [2.24, 2.45) is 9.98 Å². The molecule has 0 aromatic heterocycles. The average Bonchev–Trinajstić information content (AvgIpc) is 2.01. The Hall–Kier alpha value is -0.960. The minimum atomic E-state index is 0.213. The Morgan fingerprint density at radius 2 is 2.25 bits per heavy atom. The Balaban J connectivity index is 3.96. The monoisotopic (exact) mass is 168 g/mol. The standard InChI is InChI=1S/C9H16N2O/c1-5-11-9(6-10-4)7-12-8(2)3/h5-6,8H,1,7H2,2-4H3. The summed E-state index contributed by atoms with van der Waals surface area (Å²) in [6, 6.07) is 0. The second-order valence-corrected chi connectivity index (χ2v) is 2.55. The molecule has 0 unspecified atom stereocenters. The molecule has 3 nitrogen and oxygen atoms in total. The maximum absolute atomic E-state index is 5.34. The average molecular weight is 168 g/mol. The molecule has 3 heteroatoms. The first-order valence-corrected chi connectivity index (χ1v) is 3.92. The summed E-state index contributed by atoms with van der Waals surface area (Å²) in [5, 5.41) is 0. The molecule has 0 aromatic rings. The predicted octanol–water partition coefficient (Wildman–Crippen LogP) is 1.70. The topological polar surface area (TPSA) is 34.0 Å². The normalized spacial score (nSPS) is 12.8. The fourth-order valence-corrected chi connectivity index (χ4v) is 0.626. The van der Waals surface area contributed by atoms with Gasteiger partial charge in [-0.15, -0.1) is 0 Å². The van der Waals surface area contributed by atoms with E-state index in [4.69, 9.17) is 4.74 Å². The molecule has 0 aliphatic heterocycles. The van der Waals surface area contributed by atoms with E-state index in [1.165, 1.54) is 6.20 Å². The Morgan fingerprint density at radius 3 is 2.67 bits per heavy atom. The maximum atomic E-state index is 5.34. The molecular formula is C9H16N2O. The summed E-state index contributed by atoms with van der Waals surface area (Å²) in [7, 11) is 1.70. The van der Waals surface area contributed by atoms with Gasteiger partial charge in [-0.25, -0.2) is 0 Å². The minimum Gasteiger partial charge on any atom is -0.372 e. The quantitative estimate of drug-likeness (QED) is 0.575. The highest BCUT2D eigenvalue weighted by molar-refractivity contribution is 6.31. The van der Waals surface area contributed by atoms with Crippen molar-refractivity contribution in [2.75, 3.05) is 13.7 Å². The van der Waals surface area contributed by atoms with Gasteiger partial charge in [-0.1, -0.05) is 6.58 Å². The fraction of sp³-hybridized carbons (Fsp3) is 0.556. The van der Waals surface area contributed by atoms with Crippen LogP contribution in [0, 0.1) is 0 Å². The molecule has 0 rings (SSSR count). The van der Waals surface area contributed by atoms with Crippen molar-refractivity contribution in [3.05, 3.63) is 12.8 Å². The van der Waals surface area contributed by atoms with E-state index in [-0.39, 0.29) is 6.10 Å². The fourth-order valence-electron chi connectivity index (χ4n) is 0.626. The van der Waals surface area contributed by atoms with Crippen LogP contribution in [0.4, 0.5) is 0 Å². The van der Waals surface area contributed by atoms with E-state index < -0.39 is 0 Å². The highest BCUT2D eigenvalue weighted by Crippen LogP contribution is 1.88. The van der Waals surface area contributed by atoms with Gasteiger partial charge < -0.3 is 4.74 Å². The zero-order chi connectivity index (χ0) is 9.40. The number of hydrogen-bond donors (Lipinski definition) is 0. The summed E-state index contributed by atoms with van der Waals surface area (Å²) in [6.07, 6.45) is 3.37. The van der Waals surface area contributed by atoms with Crippen LogP contribution in [-0.2, 0) is 4.74 Å². The van der Waals surface area contributed by atoms with Crippen LogP contribution in [-0.4, -0.2) is 31.7 Å².